The van der Waals surface area contributed by atoms with Gasteiger partial charge in [0, 0.05) is 12.1 Å². The molecule has 1 aromatic heterocycles. The molecular formula is C15H9N3O4S2. The molecule has 1 aliphatic rings. The monoisotopic (exact) mass is 359 g/mol. The fraction of sp³-hybridized carbons (Fsp3) is 0. The number of nitrogens with one attached hydrogen (secondary N) is 1. The smallest absolute Gasteiger partial charge is 0.287 e. The number of thioether (sulfide) groups is 1. The lowest BCUT2D eigenvalue weighted by atomic mass is 10.2. The van der Waals surface area contributed by atoms with Crippen LogP contribution in [-0.4, -0.2) is 20.1 Å². The molecule has 0 spiro atoms. The Bertz CT molecular complexity index is 848. The van der Waals surface area contributed by atoms with Gasteiger partial charge in [-0.3, -0.25) is 14.9 Å². The van der Waals surface area contributed by atoms with Crippen LogP contribution in [0.2, 0.25) is 0 Å². The number of benzene rings is 1. The fourth-order valence-electron chi connectivity index (χ4n) is 1.87. The molecule has 120 valence electrons. The summed E-state index contributed by atoms with van der Waals surface area (Å²) in [5, 5.41) is 13.1. The lowest BCUT2D eigenvalue weighted by Gasteiger charge is -2.04. The maximum Gasteiger partial charge on any atom is 0.287 e. The van der Waals surface area contributed by atoms with Gasteiger partial charge in [0.2, 0.25) is 5.88 Å². The van der Waals surface area contributed by atoms with Gasteiger partial charge in [-0.1, -0.05) is 36.1 Å². The lowest BCUT2D eigenvalue weighted by molar-refractivity contribution is -0.385. The summed E-state index contributed by atoms with van der Waals surface area (Å²) in [7, 11) is 0. The maximum absolute atomic E-state index is 11.6. The number of pyridine rings is 1. The number of carbonyl (C=O) groups excluding carboxylic acids is 1. The van der Waals surface area contributed by atoms with Crippen molar-refractivity contribution in [1.29, 1.82) is 0 Å². The van der Waals surface area contributed by atoms with Crippen LogP contribution in [0.15, 0.2) is 47.5 Å². The number of rotatable bonds is 4. The highest BCUT2D eigenvalue weighted by molar-refractivity contribution is 8.26. The summed E-state index contributed by atoms with van der Waals surface area (Å²) in [4.78, 5) is 26.1. The van der Waals surface area contributed by atoms with Crippen molar-refractivity contribution in [2.24, 2.45) is 0 Å². The van der Waals surface area contributed by atoms with Crippen molar-refractivity contribution in [3.8, 4) is 11.6 Å². The van der Waals surface area contributed by atoms with E-state index in [0.717, 1.165) is 11.8 Å². The fourth-order valence-corrected chi connectivity index (χ4v) is 2.91. The number of thiocarbonyl (C=S) groups is 1. The Morgan fingerprint density at radius 3 is 2.54 bits per heavy atom. The number of nitro groups is 1. The molecule has 1 saturated heterocycles. The molecule has 0 atom stereocenters. The number of hydrogen-bond donors (Lipinski definition) is 1. The first-order chi connectivity index (χ1) is 11.5. The molecule has 1 N–H and O–H groups in total. The van der Waals surface area contributed by atoms with E-state index in [1.54, 1.807) is 30.3 Å². The van der Waals surface area contributed by atoms with Crippen molar-refractivity contribution in [3.05, 3.63) is 63.2 Å². The SMILES string of the molecule is O=C1NC(=S)S/C1=C/c1ccc(Oc2ccc([N+](=O)[O-])cn2)cc1. The summed E-state index contributed by atoms with van der Waals surface area (Å²) in [6.07, 6.45) is 2.86. The molecule has 0 unspecified atom stereocenters. The summed E-state index contributed by atoms with van der Waals surface area (Å²) in [5.74, 6) is 0.570. The van der Waals surface area contributed by atoms with E-state index in [9.17, 15) is 14.9 Å². The number of aromatic nitrogens is 1. The first kappa shape index (κ1) is 16.1. The molecular weight excluding hydrogens is 350 g/mol. The summed E-state index contributed by atoms with van der Waals surface area (Å²) in [5.41, 5.74) is 0.718. The van der Waals surface area contributed by atoms with Gasteiger partial charge in [0.05, 0.1) is 9.83 Å². The third-order valence-corrected chi connectivity index (χ3v) is 4.14. The van der Waals surface area contributed by atoms with E-state index >= 15 is 0 Å². The topological polar surface area (TPSA) is 94.4 Å². The first-order valence-electron chi connectivity index (χ1n) is 6.64. The van der Waals surface area contributed by atoms with Crippen LogP contribution in [0.5, 0.6) is 11.6 Å². The largest absolute Gasteiger partial charge is 0.439 e. The number of nitrogens with zero attached hydrogens (tertiary/aromatic N) is 2. The predicted molar refractivity (Wildman–Crippen MR) is 93.7 cm³/mol. The summed E-state index contributed by atoms with van der Waals surface area (Å²) < 4.78 is 5.96. The third kappa shape index (κ3) is 3.76. The molecule has 0 aliphatic carbocycles. The van der Waals surface area contributed by atoms with Crippen molar-refractivity contribution in [2.45, 2.75) is 0 Å². The van der Waals surface area contributed by atoms with Crippen LogP contribution in [0.4, 0.5) is 5.69 Å². The minimum absolute atomic E-state index is 0.102. The minimum atomic E-state index is -0.526. The molecule has 1 aromatic carbocycles. The van der Waals surface area contributed by atoms with Crippen LogP contribution >= 0.6 is 24.0 Å². The Labute approximate surface area is 145 Å². The molecule has 9 heteroatoms. The Kier molecular flexibility index (Phi) is 4.54. The molecule has 0 saturated carbocycles. The molecule has 0 radical (unpaired) electrons. The van der Waals surface area contributed by atoms with Crippen LogP contribution in [0, 0.1) is 10.1 Å². The van der Waals surface area contributed by atoms with Gasteiger partial charge >= 0.3 is 0 Å². The molecule has 24 heavy (non-hydrogen) atoms. The highest BCUT2D eigenvalue weighted by Crippen LogP contribution is 2.27. The van der Waals surface area contributed by atoms with E-state index in [4.69, 9.17) is 17.0 Å². The molecule has 1 aliphatic heterocycles. The second-order valence-electron chi connectivity index (χ2n) is 4.64. The van der Waals surface area contributed by atoms with E-state index in [1.165, 1.54) is 23.9 Å². The van der Waals surface area contributed by atoms with Crippen molar-refractivity contribution in [3.63, 3.8) is 0 Å². The summed E-state index contributed by atoms with van der Waals surface area (Å²) in [6, 6.07) is 9.73. The van der Waals surface area contributed by atoms with E-state index in [1.807, 2.05) is 0 Å². The second-order valence-corrected chi connectivity index (χ2v) is 6.35. The van der Waals surface area contributed by atoms with Gasteiger partial charge in [0.1, 0.15) is 16.3 Å². The molecule has 1 amide bonds. The van der Waals surface area contributed by atoms with Gasteiger partial charge in [-0.15, -0.1) is 0 Å². The molecule has 1 fully saturated rings. The van der Waals surface area contributed by atoms with Gasteiger partial charge in [0.15, 0.2) is 0 Å². The van der Waals surface area contributed by atoms with E-state index in [0.29, 0.717) is 15.0 Å². The van der Waals surface area contributed by atoms with Crippen LogP contribution in [-0.2, 0) is 4.79 Å². The summed E-state index contributed by atoms with van der Waals surface area (Å²) in [6.45, 7) is 0. The van der Waals surface area contributed by atoms with Crippen LogP contribution < -0.4 is 10.1 Å². The van der Waals surface area contributed by atoms with Crippen LogP contribution in [0.25, 0.3) is 6.08 Å². The Hall–Kier alpha value is -2.78. The van der Waals surface area contributed by atoms with Gasteiger partial charge in [-0.2, -0.15) is 0 Å². The highest BCUT2D eigenvalue weighted by atomic mass is 32.2. The Balaban J connectivity index is 1.70. The number of hydrogen-bond acceptors (Lipinski definition) is 7. The zero-order valence-corrected chi connectivity index (χ0v) is 13.6. The van der Waals surface area contributed by atoms with Crippen molar-refractivity contribution < 1.29 is 14.5 Å². The standard InChI is InChI=1S/C15H9N3O4S2/c19-14-12(24-15(23)17-14)7-9-1-4-11(5-2-9)22-13-6-3-10(8-16-13)18(20)21/h1-8H,(H,17,19,23)/b12-7+. The Morgan fingerprint density at radius 2 is 2.00 bits per heavy atom. The van der Waals surface area contributed by atoms with E-state index in [2.05, 4.69) is 10.3 Å². The number of amides is 1. The quantitative estimate of drug-likeness (QED) is 0.387. The van der Waals surface area contributed by atoms with Gasteiger partial charge in [0.25, 0.3) is 11.6 Å². The summed E-state index contributed by atoms with van der Waals surface area (Å²) >= 11 is 6.14. The van der Waals surface area contributed by atoms with Crippen molar-refractivity contribution >= 4 is 46.0 Å². The van der Waals surface area contributed by atoms with Crippen LogP contribution in [0.1, 0.15) is 5.56 Å². The predicted octanol–water partition coefficient (Wildman–Crippen LogP) is 3.27. The van der Waals surface area contributed by atoms with Gasteiger partial charge < -0.3 is 10.1 Å². The van der Waals surface area contributed by atoms with Crippen molar-refractivity contribution in [1.82, 2.24) is 10.3 Å². The average molecular weight is 359 g/mol. The van der Waals surface area contributed by atoms with Gasteiger partial charge in [-0.05, 0) is 23.8 Å². The van der Waals surface area contributed by atoms with E-state index in [-0.39, 0.29) is 17.5 Å². The van der Waals surface area contributed by atoms with Crippen molar-refractivity contribution in [2.75, 3.05) is 0 Å². The molecule has 2 heterocycles. The molecule has 2 aromatic rings. The molecule has 7 nitrogen and oxygen atoms in total. The zero-order chi connectivity index (χ0) is 17.1. The van der Waals surface area contributed by atoms with E-state index < -0.39 is 4.92 Å². The average Bonchev–Trinajstić information content (AvgIpc) is 2.87. The van der Waals surface area contributed by atoms with Gasteiger partial charge in [-0.25, -0.2) is 4.98 Å². The normalized spacial score (nSPS) is 15.4. The number of carbonyl (C=O) groups is 1. The second kappa shape index (κ2) is 6.77. The molecule has 3 rings (SSSR count). The molecule has 0 bridgehead atoms. The maximum atomic E-state index is 11.6. The third-order valence-electron chi connectivity index (χ3n) is 2.97. The zero-order valence-electron chi connectivity index (χ0n) is 12.0. The first-order valence-corrected chi connectivity index (χ1v) is 7.87. The Morgan fingerprint density at radius 1 is 1.25 bits per heavy atom. The number of ether oxygens (including phenoxy) is 1. The highest BCUT2D eigenvalue weighted by Gasteiger charge is 2.21. The lowest BCUT2D eigenvalue weighted by Crippen LogP contribution is -2.17. The minimum Gasteiger partial charge on any atom is -0.439 e. The van der Waals surface area contributed by atoms with Crippen LogP contribution in [0.3, 0.4) is 0 Å².